The van der Waals surface area contributed by atoms with Gasteiger partial charge in [-0.05, 0) is 83.1 Å². The number of carbonyl (C=O) groups excluding carboxylic acids is 9. The van der Waals surface area contributed by atoms with Crippen LogP contribution in [0.1, 0.15) is 121 Å². The molecule has 6 saturated heterocycles. The third kappa shape index (κ3) is 23.0. The van der Waals surface area contributed by atoms with Gasteiger partial charge in [0.2, 0.25) is 70.9 Å². The van der Waals surface area contributed by atoms with Crippen LogP contribution in [0.15, 0.2) is 19.0 Å². The summed E-state index contributed by atoms with van der Waals surface area (Å²) in [5.74, 6) is -6.82. The lowest BCUT2D eigenvalue weighted by Gasteiger charge is -2.27. The zero-order valence-corrected chi connectivity index (χ0v) is 78.6. The smallest absolute Gasteiger partial charge is 0.327 e. The second-order valence-corrected chi connectivity index (χ2v) is 45.1. The minimum absolute atomic E-state index is 0.0520. The second-order valence-electron chi connectivity index (χ2n) is 32.2. The van der Waals surface area contributed by atoms with Crippen molar-refractivity contribution in [2.45, 2.75) is 211 Å². The lowest BCUT2D eigenvalue weighted by atomic mass is 9.96. The maximum Gasteiger partial charge on any atom is 0.327 e. The van der Waals surface area contributed by atoms with Gasteiger partial charge in [0.15, 0.2) is 52.2 Å². The summed E-state index contributed by atoms with van der Waals surface area (Å²) in [6.45, 7) is 4.78. The molecular weight excluding hydrogens is 1830 g/mol. The van der Waals surface area contributed by atoms with Crippen LogP contribution < -0.4 is 46.7 Å². The molecule has 21 atom stereocenters. The number of imide groups is 3. The summed E-state index contributed by atoms with van der Waals surface area (Å²) in [5, 5.41) is 74.8. The molecule has 6 aromatic heterocycles. The zero-order valence-electron chi connectivity index (χ0n) is 73.5. The molecular formula is C72H108N21O30P3S3. The number of nitrogens with one attached hydrogen (secondary N) is 3. The average Bonchev–Trinajstić information content (AvgIpc) is 1.60. The van der Waals surface area contributed by atoms with Crippen LogP contribution in [0.3, 0.4) is 0 Å². The third-order valence-corrected chi connectivity index (χ3v) is 33.5. The molecule has 129 heavy (non-hydrogen) atoms. The minimum Gasteiger partial charge on any atom is -0.479 e. The average molecular weight is 1940 g/mol. The molecule has 6 aliphatic heterocycles. The van der Waals surface area contributed by atoms with Gasteiger partial charge in [-0.3, -0.25) is 85.2 Å². The van der Waals surface area contributed by atoms with E-state index in [1.165, 1.54) is 117 Å². The Bertz CT molecular complexity index is 4820. The fraction of sp³-hybridized carbons (Fsp3) is 0.667. The highest BCUT2D eigenvalue weighted by Gasteiger charge is 2.58. The van der Waals surface area contributed by atoms with Gasteiger partial charge in [0.05, 0.1) is 96.2 Å². The van der Waals surface area contributed by atoms with Gasteiger partial charge < -0.3 is 104 Å². The Morgan fingerprint density at radius 1 is 0.450 bits per heavy atom. The monoisotopic (exact) mass is 1940 g/mol. The minimum atomic E-state index is -4.01. The number of imidazole rings is 3. The number of hydrogen-bond donors (Lipinski definition) is 12. The first-order chi connectivity index (χ1) is 60.2. The van der Waals surface area contributed by atoms with Crippen LogP contribution in [0.5, 0.6) is 17.6 Å². The molecule has 0 aliphatic carbocycles. The Balaban J connectivity index is 0.000000201. The summed E-state index contributed by atoms with van der Waals surface area (Å²) in [4.78, 5) is 151. The van der Waals surface area contributed by atoms with Crippen LogP contribution in [0.2, 0.25) is 0 Å². The summed E-state index contributed by atoms with van der Waals surface area (Å²) in [6.07, 6.45) is -9.48. The van der Waals surface area contributed by atoms with Gasteiger partial charge in [0.1, 0.15) is 71.6 Å². The number of carbonyl (C=O) groups is 9. The molecule has 0 bridgehead atoms. The van der Waals surface area contributed by atoms with Gasteiger partial charge in [-0.1, -0.05) is 34.1 Å². The largest absolute Gasteiger partial charge is 0.479 e. The Morgan fingerprint density at radius 3 is 0.884 bits per heavy atom. The Morgan fingerprint density at radius 2 is 0.682 bits per heavy atom. The molecule has 15 N–H and O–H groups in total. The maximum atomic E-state index is 14.0. The number of rotatable bonds is 36. The second kappa shape index (κ2) is 41.3. The molecule has 57 heteroatoms. The normalized spacial score (nSPS) is 28.1. The number of ether oxygens (including phenoxy) is 9. The summed E-state index contributed by atoms with van der Waals surface area (Å²) < 4.78 is 113. The molecule has 6 fully saturated rings. The Labute approximate surface area is 749 Å². The molecule has 0 radical (unpaired) electrons. The maximum absolute atomic E-state index is 14.0. The van der Waals surface area contributed by atoms with E-state index in [0.29, 0.717) is 0 Å². The van der Waals surface area contributed by atoms with Gasteiger partial charge in [-0.15, -0.1) is 0 Å². The highest BCUT2D eigenvalue weighted by Crippen LogP contribution is 2.61. The Kier molecular flexibility index (Phi) is 32.8. The fourth-order valence-electron chi connectivity index (χ4n) is 14.0. The predicted octanol–water partition coefficient (Wildman–Crippen LogP) is 0.657. The molecule has 12 heterocycles. The molecule has 0 spiro atoms. The van der Waals surface area contributed by atoms with Crippen LogP contribution in [0.4, 0.5) is 17.8 Å². The van der Waals surface area contributed by atoms with E-state index in [1.54, 1.807) is 41.5 Å². The van der Waals surface area contributed by atoms with Crippen molar-refractivity contribution in [2.24, 2.45) is 17.8 Å². The molecule has 6 amide bonds. The lowest BCUT2D eigenvalue weighted by Crippen LogP contribution is -2.44. The number of amides is 6. The van der Waals surface area contributed by atoms with Crippen molar-refractivity contribution < 1.29 is 144 Å². The van der Waals surface area contributed by atoms with Gasteiger partial charge in [0.25, 0.3) is 0 Å². The first-order valence-electron chi connectivity index (χ1n) is 40.1. The lowest BCUT2D eigenvalue weighted by molar-refractivity contribution is -0.149. The van der Waals surface area contributed by atoms with E-state index in [2.05, 4.69) is 60.1 Å². The van der Waals surface area contributed by atoms with Crippen molar-refractivity contribution in [1.29, 1.82) is 0 Å². The van der Waals surface area contributed by atoms with Gasteiger partial charge in [0, 0.05) is 57.7 Å². The number of nitrogen functional groups attached to an aromatic ring is 3. The number of aliphatic hydroxyl groups is 6. The highest BCUT2D eigenvalue weighted by molar-refractivity contribution is 8.56. The van der Waals surface area contributed by atoms with Crippen LogP contribution >= 0.6 is 54.3 Å². The molecule has 714 valence electrons. The molecule has 0 aromatic carbocycles. The number of methoxy groups -OCH3 is 3. The number of aliphatic hydroxyl groups excluding tert-OH is 3. The number of likely N-dealkylation sites (tertiary alicyclic amines) is 3. The van der Waals surface area contributed by atoms with E-state index < -0.39 is 202 Å². The van der Waals surface area contributed by atoms with E-state index in [4.69, 9.17) is 73.4 Å². The van der Waals surface area contributed by atoms with E-state index in [-0.39, 0.29) is 123 Å². The van der Waals surface area contributed by atoms with Gasteiger partial charge in [-0.25, -0.2) is 30.2 Å². The van der Waals surface area contributed by atoms with Crippen molar-refractivity contribution in [3.8, 4) is 17.6 Å². The van der Waals surface area contributed by atoms with E-state index in [1.807, 2.05) is 0 Å². The number of anilines is 3. The summed E-state index contributed by atoms with van der Waals surface area (Å²) in [5.41, 5.74) is 12.9. The molecule has 6 aromatic rings. The van der Waals surface area contributed by atoms with Gasteiger partial charge in [-0.2, -0.15) is 29.9 Å². The standard InChI is InChI=1S/3C24H36N7O10PS/c3*1-11(2)40-21(35)12(3)29-42(37,43-9-13-7-15(32)30(5)20(13)34)39-8-14-17(33)24(4,36)22(41-14)31-10-26-16-18(31)27-23(25)28-19(16)38-6/h3*10-14,17,22,33,36H,7-9H2,1-6H3,(H,29,37)(H2,25,27,28)/t12-,13?,14+,17+,22?,24+,42+;12-,13?,14+,17+,22?,24+,42-;12-,13?,14-,17-,22?,24-,42?/m001/s1. The number of nitrogens with zero attached hydrogens (tertiary/aromatic N) is 15. The summed E-state index contributed by atoms with van der Waals surface area (Å²) in [7, 11) is 8.25. The van der Waals surface area contributed by atoms with Gasteiger partial charge >= 0.3 is 38.1 Å². The number of fused-ring (bicyclic) bond motifs is 3. The number of esters is 3. The predicted molar refractivity (Wildman–Crippen MR) is 458 cm³/mol. The van der Waals surface area contributed by atoms with Crippen molar-refractivity contribution in [3.63, 3.8) is 0 Å². The topological polar surface area (TPSA) is 692 Å². The van der Waals surface area contributed by atoms with Crippen molar-refractivity contribution in [1.82, 2.24) is 88.5 Å². The first-order valence-corrected chi connectivity index (χ1v) is 49.7. The molecule has 0 saturated carbocycles. The van der Waals surface area contributed by atoms with Crippen LogP contribution in [0, 0.1) is 17.8 Å². The van der Waals surface area contributed by atoms with Crippen LogP contribution in [-0.4, -0.2) is 327 Å². The van der Waals surface area contributed by atoms with Crippen LogP contribution in [-0.2, 0) is 98.8 Å². The Hall–Kier alpha value is -8.58. The fourth-order valence-corrected chi connectivity index (χ4v) is 26.0. The van der Waals surface area contributed by atoms with Crippen molar-refractivity contribution in [2.75, 3.05) is 96.8 Å². The van der Waals surface area contributed by atoms with E-state index >= 15 is 0 Å². The number of nitrogens with two attached hydrogens (primary N) is 3. The van der Waals surface area contributed by atoms with Crippen molar-refractivity contribution >= 4 is 159 Å². The highest BCUT2D eigenvalue weighted by atomic mass is 32.7. The first kappa shape index (κ1) is 103. The molecule has 7 unspecified atom stereocenters. The van der Waals surface area contributed by atoms with E-state index in [0.717, 1.165) is 48.8 Å². The summed E-state index contributed by atoms with van der Waals surface area (Å²) in [6, 6.07) is -3.23. The van der Waals surface area contributed by atoms with Crippen LogP contribution in [0.25, 0.3) is 33.5 Å². The number of aromatic nitrogens is 12. The molecule has 12 rings (SSSR count). The zero-order chi connectivity index (χ0) is 95.6. The SMILES string of the molecule is COc1nc(N)nc2c1ncn2C1O[C@H](COP(=O)(N[C@H](C)C(=O)OC(C)C)SCC2CC(=O)N(C)C2=O)[C@@H](O)[C@@]1(C)O.COc1nc(N)nc2c1ncn2C1O[C@H](CO[P@@](=O)(N[C@@H](C)C(=O)OC(C)C)SCC2CC(=O)N(C)C2=O)[C@@H](O)[C@@]1(C)O.COc1nc(N)nc2c1ncn2C1O[C@H](CO[P@](=O)(N[C@@H](C)C(=O)OC(C)C)SCC2CC(=O)N(C)C2=O)[C@@H](O)[C@@]1(C)O. The molecule has 51 nitrogen and oxygen atoms in total. The molecule has 6 aliphatic rings. The van der Waals surface area contributed by atoms with E-state index in [9.17, 15) is 87.5 Å². The quantitative estimate of drug-likeness (QED) is 0.0111. The number of hydrogen-bond acceptors (Lipinski definition) is 45. The van der Waals surface area contributed by atoms with Crippen molar-refractivity contribution in [3.05, 3.63) is 19.0 Å². The summed E-state index contributed by atoms with van der Waals surface area (Å²) >= 11 is 2.22. The third-order valence-electron chi connectivity index (χ3n) is 21.0.